The summed E-state index contributed by atoms with van der Waals surface area (Å²) in [6.07, 6.45) is -0.990. The summed E-state index contributed by atoms with van der Waals surface area (Å²) in [5, 5.41) is 15.0. The van der Waals surface area contributed by atoms with Gasteiger partial charge in [0.2, 0.25) is 5.91 Å². The highest BCUT2D eigenvalue weighted by Crippen LogP contribution is 2.23. The Balaban J connectivity index is 2.00. The lowest BCUT2D eigenvalue weighted by Gasteiger charge is -2.23. The third-order valence-corrected chi connectivity index (χ3v) is 3.57. The molecule has 23 heavy (non-hydrogen) atoms. The second kappa shape index (κ2) is 7.77. The summed E-state index contributed by atoms with van der Waals surface area (Å²) in [4.78, 5) is 24.2. The Morgan fingerprint density at radius 3 is 3.00 bits per heavy atom. The fourth-order valence-electron chi connectivity index (χ4n) is 2.32. The smallest absolute Gasteiger partial charge is 0.336 e. The Labute approximate surface area is 133 Å². The summed E-state index contributed by atoms with van der Waals surface area (Å²) in [6, 6.07) is 4.56. The van der Waals surface area contributed by atoms with Crippen LogP contribution in [0, 0.1) is 5.82 Å². The molecule has 2 rings (SSSR count). The van der Waals surface area contributed by atoms with E-state index in [9.17, 15) is 19.1 Å². The number of nitrogens with one attached hydrogen (secondary N) is 2. The zero-order valence-electron chi connectivity index (χ0n) is 12.8. The van der Waals surface area contributed by atoms with Crippen LogP contribution in [0.2, 0.25) is 0 Å². The van der Waals surface area contributed by atoms with Crippen molar-refractivity contribution in [2.75, 3.05) is 43.5 Å². The van der Waals surface area contributed by atoms with Gasteiger partial charge in [0.25, 0.3) is 0 Å². The average Bonchev–Trinajstić information content (AvgIpc) is 2.76. The van der Waals surface area contributed by atoms with E-state index in [0.29, 0.717) is 37.4 Å². The van der Waals surface area contributed by atoms with Crippen LogP contribution in [0.25, 0.3) is 0 Å². The number of methoxy groups -OCH3 is 1. The van der Waals surface area contributed by atoms with E-state index in [-0.39, 0.29) is 12.5 Å². The van der Waals surface area contributed by atoms with Gasteiger partial charge in [-0.15, -0.1) is 0 Å². The summed E-state index contributed by atoms with van der Waals surface area (Å²) in [5.74, 6) is -1.23. The zero-order chi connectivity index (χ0) is 16.8. The standard InChI is InChI=1S/C15H20FN3O4/c1-23-15(22)13(20)9-18-10-2-3-12(11(16)8-10)19-6-4-14(21)17-5-7-19/h2-3,8,13,18,20H,4-7,9H2,1H3,(H,17,21)/t13-/m1/s1. The summed E-state index contributed by atoms with van der Waals surface area (Å²) in [7, 11) is 1.18. The average molecular weight is 325 g/mol. The Morgan fingerprint density at radius 2 is 2.30 bits per heavy atom. The number of amides is 1. The number of hydrogen-bond donors (Lipinski definition) is 3. The van der Waals surface area contributed by atoms with Gasteiger partial charge in [-0.05, 0) is 18.2 Å². The molecular weight excluding hydrogens is 305 g/mol. The SMILES string of the molecule is COC(=O)[C@H](O)CNc1ccc(N2CCNC(=O)CC2)c(F)c1. The molecule has 1 fully saturated rings. The van der Waals surface area contributed by atoms with Crippen molar-refractivity contribution in [3.63, 3.8) is 0 Å². The fourth-order valence-corrected chi connectivity index (χ4v) is 2.32. The van der Waals surface area contributed by atoms with Gasteiger partial charge in [0, 0.05) is 31.7 Å². The van der Waals surface area contributed by atoms with Crippen LogP contribution >= 0.6 is 0 Å². The predicted molar refractivity (Wildman–Crippen MR) is 82.8 cm³/mol. The summed E-state index contributed by atoms with van der Waals surface area (Å²) < 4.78 is 18.7. The molecular formula is C15H20FN3O4. The normalized spacial score (nSPS) is 16.3. The lowest BCUT2D eigenvalue weighted by molar-refractivity contribution is -0.149. The minimum atomic E-state index is -1.31. The Kier molecular flexibility index (Phi) is 5.75. The van der Waals surface area contributed by atoms with Crippen molar-refractivity contribution >= 4 is 23.3 Å². The molecule has 0 spiro atoms. The molecule has 8 heteroatoms. The van der Waals surface area contributed by atoms with Crippen molar-refractivity contribution < 1.29 is 23.8 Å². The highest BCUT2D eigenvalue weighted by molar-refractivity contribution is 5.77. The molecule has 0 saturated carbocycles. The molecule has 1 amide bonds. The molecule has 0 bridgehead atoms. The largest absolute Gasteiger partial charge is 0.467 e. The van der Waals surface area contributed by atoms with Crippen molar-refractivity contribution in [1.82, 2.24) is 5.32 Å². The van der Waals surface area contributed by atoms with Gasteiger partial charge in [0.05, 0.1) is 19.3 Å². The number of anilines is 2. The van der Waals surface area contributed by atoms with Crippen LogP contribution in [0.1, 0.15) is 6.42 Å². The maximum absolute atomic E-state index is 14.3. The first-order valence-corrected chi connectivity index (χ1v) is 7.32. The highest BCUT2D eigenvalue weighted by atomic mass is 19.1. The van der Waals surface area contributed by atoms with Gasteiger partial charge in [0.15, 0.2) is 6.10 Å². The first kappa shape index (κ1) is 17.0. The number of carbonyl (C=O) groups is 2. The lowest BCUT2D eigenvalue weighted by atomic mass is 10.2. The molecule has 3 N–H and O–H groups in total. The summed E-state index contributed by atoms with van der Waals surface area (Å²) >= 11 is 0. The molecule has 0 aliphatic carbocycles. The molecule has 7 nitrogen and oxygen atoms in total. The van der Waals surface area contributed by atoms with Gasteiger partial charge in [0.1, 0.15) is 5.82 Å². The molecule has 0 unspecified atom stereocenters. The molecule has 0 radical (unpaired) electrons. The quantitative estimate of drug-likeness (QED) is 0.665. The fraction of sp³-hybridized carbons (Fsp3) is 0.467. The number of aliphatic hydroxyl groups is 1. The van der Waals surface area contributed by atoms with E-state index in [0.717, 1.165) is 0 Å². The molecule has 1 heterocycles. The molecule has 1 aliphatic rings. The molecule has 1 aliphatic heterocycles. The lowest BCUT2D eigenvalue weighted by Crippen LogP contribution is -2.30. The Morgan fingerprint density at radius 1 is 1.52 bits per heavy atom. The van der Waals surface area contributed by atoms with Crippen molar-refractivity contribution in [3.8, 4) is 0 Å². The van der Waals surface area contributed by atoms with Crippen molar-refractivity contribution in [1.29, 1.82) is 0 Å². The van der Waals surface area contributed by atoms with Crippen LogP contribution < -0.4 is 15.5 Å². The molecule has 1 saturated heterocycles. The molecule has 1 atom stereocenters. The van der Waals surface area contributed by atoms with Crippen LogP contribution in [0.4, 0.5) is 15.8 Å². The van der Waals surface area contributed by atoms with Gasteiger partial charge in [-0.1, -0.05) is 0 Å². The van der Waals surface area contributed by atoms with E-state index in [4.69, 9.17) is 0 Å². The number of benzene rings is 1. The number of esters is 1. The first-order valence-electron chi connectivity index (χ1n) is 7.32. The maximum Gasteiger partial charge on any atom is 0.336 e. The minimum absolute atomic E-state index is 0.0389. The first-order chi connectivity index (χ1) is 11.0. The van der Waals surface area contributed by atoms with Gasteiger partial charge in [-0.3, -0.25) is 4.79 Å². The van der Waals surface area contributed by atoms with Gasteiger partial charge >= 0.3 is 5.97 Å². The minimum Gasteiger partial charge on any atom is -0.467 e. The predicted octanol–water partition coefficient (Wildman–Crippen LogP) is 0.0978. The van der Waals surface area contributed by atoms with E-state index in [1.807, 2.05) is 0 Å². The molecule has 1 aromatic rings. The van der Waals surface area contributed by atoms with Crippen molar-refractivity contribution in [3.05, 3.63) is 24.0 Å². The van der Waals surface area contributed by atoms with E-state index in [2.05, 4.69) is 15.4 Å². The third-order valence-electron chi connectivity index (χ3n) is 3.57. The maximum atomic E-state index is 14.3. The van der Waals surface area contributed by atoms with Crippen LogP contribution in [-0.4, -0.2) is 56.4 Å². The number of ether oxygens (including phenoxy) is 1. The van der Waals surface area contributed by atoms with Gasteiger partial charge < -0.3 is 25.4 Å². The van der Waals surface area contributed by atoms with Crippen molar-refractivity contribution in [2.45, 2.75) is 12.5 Å². The monoisotopic (exact) mass is 325 g/mol. The second-order valence-corrected chi connectivity index (χ2v) is 5.17. The molecule has 126 valence electrons. The van der Waals surface area contributed by atoms with E-state index in [1.54, 1.807) is 17.0 Å². The van der Waals surface area contributed by atoms with Crippen LogP contribution in [0.5, 0.6) is 0 Å². The van der Waals surface area contributed by atoms with Crippen LogP contribution in [0.15, 0.2) is 18.2 Å². The summed E-state index contributed by atoms with van der Waals surface area (Å²) in [6.45, 7) is 1.39. The van der Waals surface area contributed by atoms with Gasteiger partial charge in [-0.2, -0.15) is 0 Å². The number of rotatable bonds is 5. The van der Waals surface area contributed by atoms with Crippen LogP contribution in [0.3, 0.4) is 0 Å². The number of nitrogens with zero attached hydrogens (tertiary/aromatic N) is 1. The third kappa shape index (κ3) is 4.56. The van der Waals surface area contributed by atoms with Crippen molar-refractivity contribution in [2.24, 2.45) is 0 Å². The number of hydrogen-bond acceptors (Lipinski definition) is 6. The second-order valence-electron chi connectivity index (χ2n) is 5.17. The van der Waals surface area contributed by atoms with E-state index in [1.165, 1.54) is 13.2 Å². The number of carbonyl (C=O) groups excluding carboxylic acids is 2. The van der Waals surface area contributed by atoms with Crippen LogP contribution in [-0.2, 0) is 14.3 Å². The Hall–Kier alpha value is -2.35. The number of halogens is 1. The van der Waals surface area contributed by atoms with E-state index < -0.39 is 17.9 Å². The molecule has 1 aromatic carbocycles. The highest BCUT2D eigenvalue weighted by Gasteiger charge is 2.18. The zero-order valence-corrected chi connectivity index (χ0v) is 12.8. The Bertz CT molecular complexity index is 582. The topological polar surface area (TPSA) is 90.9 Å². The summed E-state index contributed by atoms with van der Waals surface area (Å²) in [5.41, 5.74) is 0.860. The molecule has 0 aromatic heterocycles. The van der Waals surface area contributed by atoms with Gasteiger partial charge in [-0.25, -0.2) is 9.18 Å². The number of aliphatic hydroxyl groups excluding tert-OH is 1. The van der Waals surface area contributed by atoms with E-state index >= 15 is 0 Å².